The minimum atomic E-state index is -0.404. The van der Waals surface area contributed by atoms with E-state index in [0.717, 1.165) is 13.0 Å². The second-order valence-electron chi connectivity index (χ2n) is 4.57. The molecule has 0 aliphatic rings. The maximum atomic E-state index is 10.8. The third-order valence-corrected chi connectivity index (χ3v) is 2.94. The van der Waals surface area contributed by atoms with Crippen LogP contribution in [0.5, 0.6) is 0 Å². The maximum absolute atomic E-state index is 10.8. The molecule has 0 heterocycles. The minimum absolute atomic E-state index is 0.0759. The molecule has 0 saturated heterocycles. The van der Waals surface area contributed by atoms with Crippen molar-refractivity contribution in [2.75, 3.05) is 6.54 Å². The standard InChI is InChI=1S/C14H22N4O2/c1-2-3-4-7-10-16-14(15)17-11-12-8-5-6-9-13(12)18(19)20/h5-6,8-9H,2-4,7,10-11H2,1H3,(H3,15,16,17). The van der Waals surface area contributed by atoms with Gasteiger partial charge in [-0.05, 0) is 6.42 Å². The van der Waals surface area contributed by atoms with E-state index in [1.54, 1.807) is 18.2 Å². The van der Waals surface area contributed by atoms with Gasteiger partial charge in [0.05, 0.1) is 17.0 Å². The predicted octanol–water partition coefficient (Wildman–Crippen LogP) is 2.58. The average molecular weight is 278 g/mol. The fraction of sp³-hybridized carbons (Fsp3) is 0.500. The van der Waals surface area contributed by atoms with Crippen LogP contribution in [0.2, 0.25) is 0 Å². The number of nitrogens with one attached hydrogen (secondary N) is 1. The Hall–Kier alpha value is -2.11. The first-order valence-corrected chi connectivity index (χ1v) is 6.91. The molecule has 0 saturated carbocycles. The zero-order chi connectivity index (χ0) is 14.8. The fourth-order valence-electron chi connectivity index (χ4n) is 1.82. The molecule has 0 spiro atoms. The molecule has 1 aromatic carbocycles. The molecular weight excluding hydrogens is 256 g/mol. The van der Waals surface area contributed by atoms with Gasteiger partial charge < -0.3 is 11.1 Å². The molecule has 0 unspecified atom stereocenters. The molecule has 0 aliphatic carbocycles. The molecule has 6 nitrogen and oxygen atoms in total. The Morgan fingerprint density at radius 1 is 1.35 bits per heavy atom. The van der Waals surface area contributed by atoms with Crippen molar-refractivity contribution >= 4 is 11.6 Å². The summed E-state index contributed by atoms with van der Waals surface area (Å²) in [5.74, 6) is 0.333. The number of nitro groups is 1. The van der Waals surface area contributed by atoms with Gasteiger partial charge in [0.15, 0.2) is 5.96 Å². The summed E-state index contributed by atoms with van der Waals surface area (Å²) in [4.78, 5) is 14.6. The lowest BCUT2D eigenvalue weighted by Crippen LogP contribution is -2.32. The zero-order valence-corrected chi connectivity index (χ0v) is 11.8. The SMILES string of the molecule is CCCCCCNC(N)=NCc1ccccc1[N+](=O)[O-]. The number of aliphatic imine (C=N–C) groups is 1. The normalized spacial score (nSPS) is 11.3. The molecule has 3 N–H and O–H groups in total. The van der Waals surface area contributed by atoms with Crippen LogP contribution in [-0.4, -0.2) is 17.4 Å². The maximum Gasteiger partial charge on any atom is 0.274 e. The first-order valence-electron chi connectivity index (χ1n) is 6.91. The highest BCUT2D eigenvalue weighted by atomic mass is 16.6. The molecule has 1 aromatic rings. The highest BCUT2D eigenvalue weighted by Gasteiger charge is 2.11. The van der Waals surface area contributed by atoms with Crippen LogP contribution in [0.1, 0.15) is 38.2 Å². The molecule has 0 radical (unpaired) electrons. The molecule has 20 heavy (non-hydrogen) atoms. The van der Waals surface area contributed by atoms with Gasteiger partial charge in [-0.3, -0.25) is 10.1 Å². The van der Waals surface area contributed by atoms with Crippen LogP contribution in [0, 0.1) is 10.1 Å². The monoisotopic (exact) mass is 278 g/mol. The molecule has 0 aliphatic heterocycles. The van der Waals surface area contributed by atoms with Crippen molar-refractivity contribution in [3.8, 4) is 0 Å². The van der Waals surface area contributed by atoms with Crippen molar-refractivity contribution in [1.82, 2.24) is 5.32 Å². The van der Waals surface area contributed by atoms with Gasteiger partial charge in [0.25, 0.3) is 5.69 Å². The Labute approximate surface area is 119 Å². The summed E-state index contributed by atoms with van der Waals surface area (Å²) in [7, 11) is 0. The zero-order valence-electron chi connectivity index (χ0n) is 11.8. The number of nitro benzene ring substituents is 1. The molecular formula is C14H22N4O2. The molecule has 0 atom stereocenters. The van der Waals surface area contributed by atoms with E-state index in [1.165, 1.54) is 25.3 Å². The van der Waals surface area contributed by atoms with Gasteiger partial charge in [-0.25, -0.2) is 4.99 Å². The van der Waals surface area contributed by atoms with E-state index < -0.39 is 4.92 Å². The molecule has 1 rings (SSSR count). The lowest BCUT2D eigenvalue weighted by atomic mass is 10.2. The highest BCUT2D eigenvalue weighted by Crippen LogP contribution is 2.18. The van der Waals surface area contributed by atoms with Gasteiger partial charge in [0, 0.05) is 12.6 Å². The van der Waals surface area contributed by atoms with E-state index in [9.17, 15) is 10.1 Å². The van der Waals surface area contributed by atoms with Crippen LogP contribution in [0.4, 0.5) is 5.69 Å². The van der Waals surface area contributed by atoms with Crippen LogP contribution in [0.15, 0.2) is 29.3 Å². The van der Waals surface area contributed by atoms with Gasteiger partial charge in [-0.2, -0.15) is 0 Å². The van der Waals surface area contributed by atoms with Gasteiger partial charge in [0.1, 0.15) is 0 Å². The van der Waals surface area contributed by atoms with Crippen molar-refractivity contribution < 1.29 is 4.92 Å². The summed E-state index contributed by atoms with van der Waals surface area (Å²) in [5.41, 5.74) is 6.37. The quantitative estimate of drug-likeness (QED) is 0.251. The summed E-state index contributed by atoms with van der Waals surface area (Å²) in [6.45, 7) is 3.16. The number of rotatable bonds is 8. The third-order valence-electron chi connectivity index (χ3n) is 2.94. The largest absolute Gasteiger partial charge is 0.370 e. The first-order chi connectivity index (χ1) is 9.65. The predicted molar refractivity (Wildman–Crippen MR) is 80.6 cm³/mol. The van der Waals surface area contributed by atoms with E-state index >= 15 is 0 Å². The van der Waals surface area contributed by atoms with E-state index in [1.807, 2.05) is 0 Å². The number of guanidine groups is 1. The lowest BCUT2D eigenvalue weighted by molar-refractivity contribution is -0.385. The molecule has 0 amide bonds. The van der Waals surface area contributed by atoms with Gasteiger partial charge in [0.2, 0.25) is 0 Å². The van der Waals surface area contributed by atoms with Crippen LogP contribution in [0.25, 0.3) is 0 Å². The van der Waals surface area contributed by atoms with Crippen LogP contribution >= 0.6 is 0 Å². The van der Waals surface area contributed by atoms with Gasteiger partial charge >= 0.3 is 0 Å². The average Bonchev–Trinajstić information content (AvgIpc) is 2.45. The number of nitrogens with two attached hydrogens (primary N) is 1. The number of para-hydroxylation sites is 1. The Bertz CT molecular complexity index is 460. The number of unbranched alkanes of at least 4 members (excludes halogenated alkanes) is 3. The number of hydrogen-bond donors (Lipinski definition) is 2. The summed E-state index contributed by atoms with van der Waals surface area (Å²) < 4.78 is 0. The summed E-state index contributed by atoms with van der Waals surface area (Å²) in [6.07, 6.45) is 4.63. The van der Waals surface area contributed by atoms with Crippen LogP contribution in [0.3, 0.4) is 0 Å². The second kappa shape index (κ2) is 8.90. The van der Waals surface area contributed by atoms with E-state index in [2.05, 4.69) is 17.2 Å². The summed E-state index contributed by atoms with van der Waals surface area (Å²) in [6, 6.07) is 6.56. The van der Waals surface area contributed by atoms with Crippen LogP contribution in [-0.2, 0) is 6.54 Å². The van der Waals surface area contributed by atoms with Crippen molar-refractivity contribution in [3.63, 3.8) is 0 Å². The van der Waals surface area contributed by atoms with Crippen molar-refractivity contribution in [2.45, 2.75) is 39.2 Å². The van der Waals surface area contributed by atoms with Crippen LogP contribution < -0.4 is 11.1 Å². The number of nitrogens with zero attached hydrogens (tertiary/aromatic N) is 2. The Morgan fingerprint density at radius 2 is 2.10 bits per heavy atom. The fourth-order valence-corrected chi connectivity index (χ4v) is 1.82. The lowest BCUT2D eigenvalue weighted by Gasteiger charge is -2.05. The third kappa shape index (κ3) is 5.69. The molecule has 110 valence electrons. The molecule has 0 fully saturated rings. The summed E-state index contributed by atoms with van der Waals surface area (Å²) >= 11 is 0. The smallest absolute Gasteiger partial charge is 0.274 e. The Morgan fingerprint density at radius 3 is 2.80 bits per heavy atom. The van der Waals surface area contributed by atoms with Gasteiger partial charge in [-0.15, -0.1) is 0 Å². The van der Waals surface area contributed by atoms with Crippen molar-refractivity contribution in [3.05, 3.63) is 39.9 Å². The highest BCUT2D eigenvalue weighted by molar-refractivity contribution is 5.77. The Kier molecular flexibility index (Phi) is 7.10. The molecule has 0 aromatic heterocycles. The first kappa shape index (κ1) is 15.9. The van der Waals surface area contributed by atoms with Crippen molar-refractivity contribution in [2.24, 2.45) is 10.7 Å². The van der Waals surface area contributed by atoms with E-state index in [0.29, 0.717) is 11.5 Å². The van der Waals surface area contributed by atoms with E-state index in [-0.39, 0.29) is 12.2 Å². The minimum Gasteiger partial charge on any atom is -0.370 e. The Balaban J connectivity index is 2.44. The number of benzene rings is 1. The summed E-state index contributed by atoms with van der Waals surface area (Å²) in [5, 5.41) is 13.9. The van der Waals surface area contributed by atoms with Crippen molar-refractivity contribution in [1.29, 1.82) is 0 Å². The molecule has 0 bridgehead atoms. The molecule has 6 heteroatoms. The number of hydrogen-bond acceptors (Lipinski definition) is 3. The topological polar surface area (TPSA) is 93.5 Å². The van der Waals surface area contributed by atoms with Gasteiger partial charge in [-0.1, -0.05) is 44.4 Å². The van der Waals surface area contributed by atoms with E-state index in [4.69, 9.17) is 5.73 Å². The second-order valence-corrected chi connectivity index (χ2v) is 4.57.